The number of aryl methyl sites for hydroxylation is 2. The van der Waals surface area contributed by atoms with Gasteiger partial charge in [0, 0.05) is 17.8 Å². The van der Waals surface area contributed by atoms with E-state index in [2.05, 4.69) is 5.32 Å². The van der Waals surface area contributed by atoms with Crippen LogP contribution in [0, 0.1) is 13.8 Å². The Bertz CT molecular complexity index is 1350. The third-order valence-corrected chi connectivity index (χ3v) is 5.10. The molecule has 5 nitrogen and oxygen atoms in total. The van der Waals surface area contributed by atoms with Crippen molar-refractivity contribution < 1.29 is 13.9 Å². The van der Waals surface area contributed by atoms with Crippen LogP contribution in [0.2, 0.25) is 0 Å². The first kappa shape index (κ1) is 19.5. The Balaban J connectivity index is 1.60. The fourth-order valence-corrected chi connectivity index (χ4v) is 3.26. The monoisotopic (exact) mass is 399 g/mol. The zero-order valence-electron chi connectivity index (χ0n) is 17.0. The Labute approximate surface area is 173 Å². The molecule has 0 aliphatic rings. The minimum atomic E-state index is -0.278. The molecule has 4 aromatic rings. The highest BCUT2D eigenvalue weighted by Gasteiger charge is 2.10. The molecule has 0 saturated carbocycles. The van der Waals surface area contributed by atoms with Crippen LogP contribution in [0.1, 0.15) is 16.7 Å². The maximum Gasteiger partial charge on any atom is 0.248 e. The second-order valence-corrected chi connectivity index (χ2v) is 7.17. The summed E-state index contributed by atoms with van der Waals surface area (Å²) in [6.07, 6.45) is 3.17. The molecule has 0 atom stereocenters. The zero-order valence-corrected chi connectivity index (χ0v) is 17.0. The third kappa shape index (κ3) is 3.82. The van der Waals surface area contributed by atoms with Gasteiger partial charge in [-0.25, -0.2) is 0 Å². The van der Waals surface area contributed by atoms with Crippen molar-refractivity contribution in [2.24, 2.45) is 0 Å². The molecule has 1 heterocycles. The SMILES string of the molecule is COc1ccc(/C=C/C(=O)Nc2ccc3c(=O)c4cc(C)c(C)cc4oc3c2)cc1. The summed E-state index contributed by atoms with van der Waals surface area (Å²) in [4.78, 5) is 25.1. The smallest absolute Gasteiger partial charge is 0.248 e. The van der Waals surface area contributed by atoms with E-state index in [-0.39, 0.29) is 11.3 Å². The van der Waals surface area contributed by atoms with Gasteiger partial charge in [0.1, 0.15) is 16.9 Å². The van der Waals surface area contributed by atoms with Crippen LogP contribution < -0.4 is 15.5 Å². The lowest BCUT2D eigenvalue weighted by Crippen LogP contribution is -2.08. The van der Waals surface area contributed by atoms with Gasteiger partial charge in [0.25, 0.3) is 0 Å². The van der Waals surface area contributed by atoms with Crippen LogP contribution >= 0.6 is 0 Å². The van der Waals surface area contributed by atoms with E-state index in [0.717, 1.165) is 22.4 Å². The Morgan fingerprint density at radius 3 is 2.37 bits per heavy atom. The van der Waals surface area contributed by atoms with Crippen molar-refractivity contribution in [1.82, 2.24) is 0 Å². The van der Waals surface area contributed by atoms with Gasteiger partial charge in [-0.1, -0.05) is 12.1 Å². The summed E-state index contributed by atoms with van der Waals surface area (Å²) < 4.78 is 11.1. The van der Waals surface area contributed by atoms with Gasteiger partial charge in [0.15, 0.2) is 0 Å². The second-order valence-electron chi connectivity index (χ2n) is 7.17. The number of ether oxygens (including phenoxy) is 1. The molecular formula is C25H21NO4. The number of carbonyl (C=O) groups is 1. The highest BCUT2D eigenvalue weighted by atomic mass is 16.5. The molecule has 0 spiro atoms. The van der Waals surface area contributed by atoms with Crippen molar-refractivity contribution in [1.29, 1.82) is 0 Å². The van der Waals surface area contributed by atoms with Gasteiger partial charge in [-0.3, -0.25) is 9.59 Å². The molecule has 5 heteroatoms. The average molecular weight is 399 g/mol. The molecule has 0 radical (unpaired) electrons. The first-order chi connectivity index (χ1) is 14.4. The molecule has 3 aromatic carbocycles. The average Bonchev–Trinajstić information content (AvgIpc) is 2.74. The molecule has 0 aliphatic heterocycles. The van der Waals surface area contributed by atoms with Crippen LogP contribution in [-0.2, 0) is 4.79 Å². The van der Waals surface area contributed by atoms with E-state index in [1.54, 1.807) is 31.4 Å². The lowest BCUT2D eigenvalue weighted by atomic mass is 10.1. The molecule has 4 rings (SSSR count). The van der Waals surface area contributed by atoms with Gasteiger partial charge < -0.3 is 14.5 Å². The van der Waals surface area contributed by atoms with Gasteiger partial charge in [-0.2, -0.15) is 0 Å². The van der Waals surface area contributed by atoms with Gasteiger partial charge in [0.05, 0.1) is 17.9 Å². The standard InChI is InChI=1S/C25H21NO4/c1-15-12-21-22(13-16(15)2)30-23-14-18(7-10-20(23)25(21)28)26-24(27)11-6-17-4-8-19(29-3)9-5-17/h4-14H,1-3H3,(H,26,27)/b11-6+. The van der Waals surface area contributed by atoms with Crippen LogP contribution in [0.5, 0.6) is 5.75 Å². The Kier molecular flexibility index (Phi) is 5.11. The molecule has 1 N–H and O–H groups in total. The molecule has 1 aromatic heterocycles. The van der Waals surface area contributed by atoms with Gasteiger partial charge in [0.2, 0.25) is 11.3 Å². The van der Waals surface area contributed by atoms with Crippen molar-refractivity contribution in [3.63, 3.8) is 0 Å². The van der Waals surface area contributed by atoms with Gasteiger partial charge in [-0.05, 0) is 73.0 Å². The lowest BCUT2D eigenvalue weighted by Gasteiger charge is -2.07. The van der Waals surface area contributed by atoms with E-state index < -0.39 is 0 Å². The van der Waals surface area contributed by atoms with Gasteiger partial charge in [-0.15, -0.1) is 0 Å². The van der Waals surface area contributed by atoms with Gasteiger partial charge >= 0.3 is 0 Å². The van der Waals surface area contributed by atoms with E-state index in [4.69, 9.17) is 9.15 Å². The number of hydrogen-bond acceptors (Lipinski definition) is 4. The summed E-state index contributed by atoms with van der Waals surface area (Å²) in [5.41, 5.74) is 4.43. The molecule has 0 bridgehead atoms. The number of amides is 1. The predicted molar refractivity (Wildman–Crippen MR) is 120 cm³/mol. The van der Waals surface area contributed by atoms with Crippen LogP contribution in [0.3, 0.4) is 0 Å². The lowest BCUT2D eigenvalue weighted by molar-refractivity contribution is -0.111. The molecule has 150 valence electrons. The minimum absolute atomic E-state index is 0.0772. The first-order valence-corrected chi connectivity index (χ1v) is 9.55. The summed E-state index contributed by atoms with van der Waals surface area (Å²) in [6, 6.07) is 16.2. The van der Waals surface area contributed by atoms with E-state index in [1.165, 1.54) is 6.08 Å². The van der Waals surface area contributed by atoms with E-state index in [0.29, 0.717) is 27.6 Å². The highest BCUT2D eigenvalue weighted by molar-refractivity contribution is 6.03. The number of anilines is 1. The van der Waals surface area contributed by atoms with Crippen LogP contribution in [-0.4, -0.2) is 13.0 Å². The Morgan fingerprint density at radius 2 is 1.63 bits per heavy atom. The zero-order chi connectivity index (χ0) is 21.3. The van der Waals surface area contributed by atoms with Crippen molar-refractivity contribution in [3.05, 3.63) is 87.6 Å². The van der Waals surface area contributed by atoms with E-state index >= 15 is 0 Å². The molecule has 0 fully saturated rings. The molecule has 0 saturated heterocycles. The summed E-state index contributed by atoms with van der Waals surface area (Å²) in [6.45, 7) is 3.95. The summed E-state index contributed by atoms with van der Waals surface area (Å²) in [5.74, 6) is 0.479. The number of fused-ring (bicyclic) bond motifs is 2. The maximum absolute atomic E-state index is 12.8. The Hall–Kier alpha value is -3.86. The highest BCUT2D eigenvalue weighted by Crippen LogP contribution is 2.24. The van der Waals surface area contributed by atoms with Crippen molar-refractivity contribution in [2.75, 3.05) is 12.4 Å². The summed E-state index contributed by atoms with van der Waals surface area (Å²) in [5, 5.41) is 3.85. The minimum Gasteiger partial charge on any atom is -0.497 e. The predicted octanol–water partition coefficient (Wildman–Crippen LogP) is 5.22. The molecular weight excluding hydrogens is 378 g/mol. The quantitative estimate of drug-likeness (QED) is 0.377. The normalized spacial score (nSPS) is 11.3. The van der Waals surface area contributed by atoms with Crippen LogP contribution in [0.4, 0.5) is 5.69 Å². The molecule has 0 aliphatic carbocycles. The van der Waals surface area contributed by atoms with Crippen molar-refractivity contribution in [2.45, 2.75) is 13.8 Å². The number of rotatable bonds is 4. The van der Waals surface area contributed by atoms with Crippen molar-refractivity contribution >= 4 is 39.6 Å². The maximum atomic E-state index is 12.8. The van der Waals surface area contributed by atoms with E-state index in [1.807, 2.05) is 50.2 Å². The van der Waals surface area contributed by atoms with Crippen LogP contribution in [0.25, 0.3) is 28.0 Å². The second kappa shape index (κ2) is 7.87. The third-order valence-electron chi connectivity index (χ3n) is 5.10. The topological polar surface area (TPSA) is 68.5 Å². The number of nitrogens with one attached hydrogen (secondary N) is 1. The van der Waals surface area contributed by atoms with E-state index in [9.17, 15) is 9.59 Å². The molecule has 30 heavy (non-hydrogen) atoms. The fourth-order valence-electron chi connectivity index (χ4n) is 3.26. The van der Waals surface area contributed by atoms with Crippen LogP contribution in [0.15, 0.2) is 69.9 Å². The number of benzene rings is 3. The summed E-state index contributed by atoms with van der Waals surface area (Å²) in [7, 11) is 1.61. The number of methoxy groups -OCH3 is 1. The number of carbonyl (C=O) groups excluding carboxylic acids is 1. The molecule has 0 unspecified atom stereocenters. The first-order valence-electron chi connectivity index (χ1n) is 9.55. The molecule has 1 amide bonds. The number of hydrogen-bond donors (Lipinski definition) is 1. The van der Waals surface area contributed by atoms with Crippen molar-refractivity contribution in [3.8, 4) is 5.75 Å². The Morgan fingerprint density at radius 1 is 0.933 bits per heavy atom. The largest absolute Gasteiger partial charge is 0.497 e. The fraction of sp³-hybridized carbons (Fsp3) is 0.120. The summed E-state index contributed by atoms with van der Waals surface area (Å²) >= 11 is 0.